The van der Waals surface area contributed by atoms with Crippen molar-refractivity contribution in [3.63, 3.8) is 0 Å². The molecular formula is C20H23ClN2O2. The van der Waals surface area contributed by atoms with E-state index in [-0.39, 0.29) is 5.91 Å². The van der Waals surface area contributed by atoms with Crippen LogP contribution in [0.4, 0.5) is 5.69 Å². The molecule has 1 aliphatic heterocycles. The van der Waals surface area contributed by atoms with Crippen LogP contribution in [0.25, 0.3) is 0 Å². The van der Waals surface area contributed by atoms with Crippen LogP contribution < -0.4 is 9.64 Å². The van der Waals surface area contributed by atoms with Gasteiger partial charge in [-0.1, -0.05) is 29.8 Å². The fraction of sp³-hybridized carbons (Fsp3) is 0.350. The molecule has 25 heavy (non-hydrogen) atoms. The van der Waals surface area contributed by atoms with Gasteiger partial charge >= 0.3 is 0 Å². The van der Waals surface area contributed by atoms with Gasteiger partial charge in [0.25, 0.3) is 5.91 Å². The first-order valence-electron chi connectivity index (χ1n) is 8.50. The van der Waals surface area contributed by atoms with Gasteiger partial charge in [0.05, 0.1) is 0 Å². The second kappa shape index (κ2) is 7.36. The largest absolute Gasteiger partial charge is 0.478 e. The number of anilines is 1. The summed E-state index contributed by atoms with van der Waals surface area (Å²) in [5.74, 6) is 0.654. The molecule has 1 saturated heterocycles. The number of amides is 1. The first-order chi connectivity index (χ1) is 12.0. The zero-order valence-electron chi connectivity index (χ0n) is 14.6. The smallest absolute Gasteiger partial charge is 0.266 e. The number of ether oxygens (including phenoxy) is 1. The standard InChI is InChI=1S/C20H23ClN2O2/c1-20(2,25-18-10-8-16(21)9-11-18)19(24)23-14-12-22(13-15-23)17-6-4-3-5-7-17/h3-11H,12-15H2,1-2H3. The van der Waals surface area contributed by atoms with Crippen LogP contribution in [0.2, 0.25) is 5.02 Å². The van der Waals surface area contributed by atoms with Crippen LogP contribution in [0.15, 0.2) is 54.6 Å². The van der Waals surface area contributed by atoms with E-state index in [4.69, 9.17) is 16.3 Å². The molecule has 132 valence electrons. The molecule has 4 nitrogen and oxygen atoms in total. The molecule has 0 bridgehead atoms. The van der Waals surface area contributed by atoms with Gasteiger partial charge in [-0.15, -0.1) is 0 Å². The Morgan fingerprint density at radius 2 is 1.56 bits per heavy atom. The van der Waals surface area contributed by atoms with Crippen molar-refractivity contribution in [1.29, 1.82) is 0 Å². The third-order valence-electron chi connectivity index (χ3n) is 4.39. The van der Waals surface area contributed by atoms with Crippen molar-refractivity contribution in [1.82, 2.24) is 4.90 Å². The molecule has 2 aromatic carbocycles. The number of piperazine rings is 1. The lowest BCUT2D eigenvalue weighted by Gasteiger charge is -2.39. The van der Waals surface area contributed by atoms with E-state index in [2.05, 4.69) is 17.0 Å². The van der Waals surface area contributed by atoms with E-state index in [9.17, 15) is 4.79 Å². The van der Waals surface area contributed by atoms with Gasteiger partial charge in [-0.2, -0.15) is 0 Å². The van der Waals surface area contributed by atoms with Gasteiger partial charge in [0.2, 0.25) is 0 Å². The summed E-state index contributed by atoms with van der Waals surface area (Å²) < 4.78 is 5.92. The van der Waals surface area contributed by atoms with E-state index in [1.807, 2.05) is 36.9 Å². The molecule has 0 aromatic heterocycles. The molecule has 0 radical (unpaired) electrons. The fourth-order valence-corrected chi connectivity index (χ4v) is 3.15. The van der Waals surface area contributed by atoms with Crippen LogP contribution in [0.1, 0.15) is 13.8 Å². The second-order valence-electron chi connectivity index (χ2n) is 6.68. The lowest BCUT2D eigenvalue weighted by atomic mass is 10.1. The van der Waals surface area contributed by atoms with Crippen LogP contribution in [0.5, 0.6) is 5.75 Å². The van der Waals surface area contributed by atoms with Gasteiger partial charge in [-0.3, -0.25) is 4.79 Å². The van der Waals surface area contributed by atoms with Crippen LogP contribution >= 0.6 is 11.6 Å². The molecule has 0 unspecified atom stereocenters. The number of rotatable bonds is 4. The zero-order valence-corrected chi connectivity index (χ0v) is 15.4. The molecule has 1 amide bonds. The monoisotopic (exact) mass is 358 g/mol. The second-order valence-corrected chi connectivity index (χ2v) is 7.12. The van der Waals surface area contributed by atoms with Crippen molar-refractivity contribution in [2.45, 2.75) is 19.4 Å². The summed E-state index contributed by atoms with van der Waals surface area (Å²) in [5, 5.41) is 0.647. The summed E-state index contributed by atoms with van der Waals surface area (Å²) in [6.07, 6.45) is 0. The molecular weight excluding hydrogens is 336 g/mol. The van der Waals surface area contributed by atoms with Crippen molar-refractivity contribution in [3.8, 4) is 5.75 Å². The minimum absolute atomic E-state index is 0.00941. The molecule has 3 rings (SSSR count). The molecule has 0 N–H and O–H groups in total. The Morgan fingerprint density at radius 3 is 2.16 bits per heavy atom. The first kappa shape index (κ1) is 17.6. The third kappa shape index (κ3) is 4.26. The maximum Gasteiger partial charge on any atom is 0.266 e. The number of carbonyl (C=O) groups is 1. The van der Waals surface area contributed by atoms with Gasteiger partial charge in [0.15, 0.2) is 5.60 Å². The summed E-state index contributed by atoms with van der Waals surface area (Å²) in [5.41, 5.74) is 0.286. The third-order valence-corrected chi connectivity index (χ3v) is 4.64. The van der Waals surface area contributed by atoms with E-state index in [1.54, 1.807) is 24.3 Å². The van der Waals surface area contributed by atoms with Crippen LogP contribution in [0, 0.1) is 0 Å². The maximum absolute atomic E-state index is 12.9. The van der Waals surface area contributed by atoms with Crippen LogP contribution in [-0.2, 0) is 4.79 Å². The van der Waals surface area contributed by atoms with Crippen molar-refractivity contribution in [2.75, 3.05) is 31.1 Å². The van der Waals surface area contributed by atoms with Gasteiger partial charge in [0, 0.05) is 36.9 Å². The summed E-state index contributed by atoms with van der Waals surface area (Å²) in [6, 6.07) is 17.4. The molecule has 1 fully saturated rings. The minimum atomic E-state index is -0.914. The Morgan fingerprint density at radius 1 is 0.960 bits per heavy atom. The Labute approximate surface area is 154 Å². The van der Waals surface area contributed by atoms with E-state index in [1.165, 1.54) is 5.69 Å². The highest BCUT2D eigenvalue weighted by Crippen LogP contribution is 2.23. The number of halogens is 1. The quantitative estimate of drug-likeness (QED) is 0.832. The normalized spacial score (nSPS) is 15.2. The Balaban J connectivity index is 1.60. The Hall–Kier alpha value is -2.20. The summed E-state index contributed by atoms with van der Waals surface area (Å²) in [7, 11) is 0. The number of hydrogen-bond acceptors (Lipinski definition) is 3. The summed E-state index contributed by atoms with van der Waals surface area (Å²) in [6.45, 7) is 6.67. The molecule has 0 spiro atoms. The predicted octanol–water partition coefficient (Wildman–Crippen LogP) is 3.85. The number of carbonyl (C=O) groups excluding carboxylic acids is 1. The molecule has 2 aromatic rings. The average Bonchev–Trinajstić information content (AvgIpc) is 2.64. The van der Waals surface area contributed by atoms with E-state index in [0.29, 0.717) is 23.9 Å². The molecule has 1 heterocycles. The Kier molecular flexibility index (Phi) is 5.19. The predicted molar refractivity (Wildman–Crippen MR) is 101 cm³/mol. The van der Waals surface area contributed by atoms with E-state index in [0.717, 1.165) is 13.1 Å². The molecule has 0 aliphatic carbocycles. The number of hydrogen-bond donors (Lipinski definition) is 0. The molecule has 0 atom stereocenters. The zero-order chi connectivity index (χ0) is 17.9. The highest BCUT2D eigenvalue weighted by molar-refractivity contribution is 6.30. The summed E-state index contributed by atoms with van der Waals surface area (Å²) in [4.78, 5) is 17.1. The van der Waals surface area contributed by atoms with E-state index >= 15 is 0 Å². The maximum atomic E-state index is 12.9. The first-order valence-corrected chi connectivity index (χ1v) is 8.87. The van der Waals surface area contributed by atoms with Gasteiger partial charge in [-0.25, -0.2) is 0 Å². The van der Waals surface area contributed by atoms with Crippen molar-refractivity contribution < 1.29 is 9.53 Å². The summed E-state index contributed by atoms with van der Waals surface area (Å²) >= 11 is 5.90. The lowest BCUT2D eigenvalue weighted by molar-refractivity contribution is -0.145. The number of nitrogens with zero attached hydrogens (tertiary/aromatic N) is 2. The van der Waals surface area contributed by atoms with Crippen LogP contribution in [0.3, 0.4) is 0 Å². The molecule has 5 heteroatoms. The lowest BCUT2D eigenvalue weighted by Crippen LogP contribution is -2.55. The van der Waals surface area contributed by atoms with Crippen molar-refractivity contribution in [2.24, 2.45) is 0 Å². The molecule has 1 aliphatic rings. The number of para-hydroxylation sites is 1. The minimum Gasteiger partial charge on any atom is -0.478 e. The Bertz CT molecular complexity index is 708. The highest BCUT2D eigenvalue weighted by Gasteiger charge is 2.35. The average molecular weight is 359 g/mol. The van der Waals surface area contributed by atoms with E-state index < -0.39 is 5.60 Å². The molecule has 0 saturated carbocycles. The van der Waals surface area contributed by atoms with Crippen molar-refractivity contribution in [3.05, 3.63) is 59.6 Å². The number of benzene rings is 2. The fourth-order valence-electron chi connectivity index (χ4n) is 3.03. The van der Waals surface area contributed by atoms with Gasteiger partial charge in [0.1, 0.15) is 5.75 Å². The van der Waals surface area contributed by atoms with Crippen LogP contribution in [-0.4, -0.2) is 42.6 Å². The van der Waals surface area contributed by atoms with Crippen molar-refractivity contribution >= 4 is 23.2 Å². The SMILES string of the molecule is CC(C)(Oc1ccc(Cl)cc1)C(=O)N1CCN(c2ccccc2)CC1. The highest BCUT2D eigenvalue weighted by atomic mass is 35.5. The topological polar surface area (TPSA) is 32.8 Å². The van der Waals surface area contributed by atoms with Gasteiger partial charge < -0.3 is 14.5 Å². The van der Waals surface area contributed by atoms with Gasteiger partial charge in [-0.05, 0) is 50.2 Å².